The van der Waals surface area contributed by atoms with E-state index in [1.165, 1.54) is 6.33 Å². The summed E-state index contributed by atoms with van der Waals surface area (Å²) >= 11 is 0. The molecule has 0 radical (unpaired) electrons. The molecule has 0 aliphatic heterocycles. The highest BCUT2D eigenvalue weighted by atomic mass is 19.1. The van der Waals surface area contributed by atoms with Gasteiger partial charge in [0, 0.05) is 6.54 Å². The number of nitrogens with zero attached hydrogens (tertiary/aromatic N) is 2. The fraction of sp³-hybridized carbons (Fsp3) is 0.600. The molecule has 14 heavy (non-hydrogen) atoms. The van der Waals surface area contributed by atoms with E-state index in [2.05, 4.69) is 9.97 Å². The van der Waals surface area contributed by atoms with E-state index >= 15 is 0 Å². The molecule has 0 aliphatic carbocycles. The number of nitrogens with two attached hydrogens (primary N) is 1. The van der Waals surface area contributed by atoms with Crippen molar-refractivity contribution in [3.05, 3.63) is 23.5 Å². The minimum atomic E-state index is -0.357. The molecule has 4 heteroatoms. The predicted octanol–water partition coefficient (Wildman–Crippen LogP) is 1.66. The van der Waals surface area contributed by atoms with Crippen LogP contribution in [0.4, 0.5) is 4.39 Å². The molecule has 0 amide bonds. The Labute approximate surface area is 83.6 Å². The van der Waals surface area contributed by atoms with E-state index in [4.69, 9.17) is 5.73 Å². The lowest BCUT2D eigenvalue weighted by molar-refractivity contribution is 0.393. The van der Waals surface area contributed by atoms with Crippen LogP contribution in [0, 0.1) is 11.2 Å². The molecule has 78 valence electrons. The van der Waals surface area contributed by atoms with Crippen LogP contribution in [-0.2, 0) is 13.0 Å². The second-order valence-electron chi connectivity index (χ2n) is 4.52. The Morgan fingerprint density at radius 3 is 2.36 bits per heavy atom. The second-order valence-corrected chi connectivity index (χ2v) is 4.52. The zero-order chi connectivity index (χ0) is 10.8. The van der Waals surface area contributed by atoms with Gasteiger partial charge in [0.2, 0.25) is 0 Å². The van der Waals surface area contributed by atoms with Crippen LogP contribution >= 0.6 is 0 Å². The summed E-state index contributed by atoms with van der Waals surface area (Å²) < 4.78 is 13.6. The average Bonchev–Trinajstić information content (AvgIpc) is 2.06. The molecule has 1 rings (SSSR count). The monoisotopic (exact) mass is 197 g/mol. The number of halogens is 1. The molecule has 3 nitrogen and oxygen atoms in total. The molecule has 1 heterocycles. The lowest BCUT2D eigenvalue weighted by Crippen LogP contribution is -2.15. The first-order valence-electron chi connectivity index (χ1n) is 4.62. The summed E-state index contributed by atoms with van der Waals surface area (Å²) in [4.78, 5) is 7.71. The summed E-state index contributed by atoms with van der Waals surface area (Å²) in [5.41, 5.74) is 6.11. The quantitative estimate of drug-likeness (QED) is 0.784. The van der Waals surface area contributed by atoms with Crippen molar-refractivity contribution in [2.24, 2.45) is 11.1 Å². The molecule has 0 spiro atoms. The first kappa shape index (κ1) is 11.0. The fourth-order valence-corrected chi connectivity index (χ4v) is 1.22. The zero-order valence-corrected chi connectivity index (χ0v) is 8.84. The molecule has 0 unspecified atom stereocenters. The number of aromatic nitrogens is 2. The second kappa shape index (κ2) is 4.00. The van der Waals surface area contributed by atoms with Crippen LogP contribution in [0.3, 0.4) is 0 Å². The minimum absolute atomic E-state index is 0.0149. The first-order valence-corrected chi connectivity index (χ1v) is 4.62. The van der Waals surface area contributed by atoms with Gasteiger partial charge < -0.3 is 5.73 Å². The van der Waals surface area contributed by atoms with Gasteiger partial charge in [0.25, 0.3) is 0 Å². The number of hydrogen-bond donors (Lipinski definition) is 1. The van der Waals surface area contributed by atoms with Crippen molar-refractivity contribution in [3.63, 3.8) is 0 Å². The molecule has 0 aliphatic rings. The molecule has 0 bridgehead atoms. The van der Waals surface area contributed by atoms with Crippen molar-refractivity contribution in [3.8, 4) is 0 Å². The van der Waals surface area contributed by atoms with Crippen molar-refractivity contribution in [2.75, 3.05) is 0 Å². The Kier molecular flexibility index (Phi) is 3.16. The van der Waals surface area contributed by atoms with Gasteiger partial charge >= 0.3 is 0 Å². The van der Waals surface area contributed by atoms with Gasteiger partial charge in [0.05, 0.1) is 11.4 Å². The Bertz CT molecular complexity index is 318. The third-order valence-electron chi connectivity index (χ3n) is 1.82. The molecule has 0 atom stereocenters. The van der Waals surface area contributed by atoms with Crippen LogP contribution in [0.25, 0.3) is 0 Å². The summed E-state index contributed by atoms with van der Waals surface area (Å²) in [6.07, 6.45) is 1.96. The summed E-state index contributed by atoms with van der Waals surface area (Å²) in [5, 5.41) is 0. The van der Waals surface area contributed by atoms with E-state index in [0.717, 1.165) is 0 Å². The summed E-state index contributed by atoms with van der Waals surface area (Å²) in [6.45, 7) is 6.23. The van der Waals surface area contributed by atoms with Crippen LogP contribution in [0.2, 0.25) is 0 Å². The van der Waals surface area contributed by atoms with Gasteiger partial charge in [-0.15, -0.1) is 0 Å². The third kappa shape index (κ3) is 2.73. The molecule has 0 saturated heterocycles. The summed E-state index contributed by atoms with van der Waals surface area (Å²) in [7, 11) is 0. The Balaban J connectivity index is 2.98. The fourth-order valence-electron chi connectivity index (χ4n) is 1.22. The topological polar surface area (TPSA) is 51.8 Å². The smallest absolute Gasteiger partial charge is 0.167 e. The van der Waals surface area contributed by atoms with Crippen LogP contribution in [0.1, 0.15) is 32.2 Å². The van der Waals surface area contributed by atoms with E-state index in [-0.39, 0.29) is 17.8 Å². The van der Waals surface area contributed by atoms with Crippen molar-refractivity contribution in [1.82, 2.24) is 9.97 Å². The standard InChI is InChI=1S/C10H16FN3/c1-10(2,3)4-7-9(11)8(5-12)14-6-13-7/h6H,4-5,12H2,1-3H3. The third-order valence-corrected chi connectivity index (χ3v) is 1.82. The van der Waals surface area contributed by atoms with Crippen LogP contribution in [-0.4, -0.2) is 9.97 Å². The summed E-state index contributed by atoms with van der Waals surface area (Å²) in [5.74, 6) is -0.357. The molecule has 1 aromatic heterocycles. The molecule has 1 aromatic rings. The maximum Gasteiger partial charge on any atom is 0.167 e. The largest absolute Gasteiger partial charge is 0.325 e. The van der Waals surface area contributed by atoms with Crippen LogP contribution in [0.5, 0.6) is 0 Å². The van der Waals surface area contributed by atoms with Gasteiger partial charge in [0.15, 0.2) is 5.82 Å². The minimum Gasteiger partial charge on any atom is -0.325 e. The number of hydrogen-bond acceptors (Lipinski definition) is 3. The van der Waals surface area contributed by atoms with Gasteiger partial charge in [-0.3, -0.25) is 0 Å². The first-order chi connectivity index (χ1) is 6.44. The molecule has 2 N–H and O–H groups in total. The highest BCUT2D eigenvalue weighted by Gasteiger charge is 2.17. The molecular formula is C10H16FN3. The molecule has 0 fully saturated rings. The van der Waals surface area contributed by atoms with Gasteiger partial charge in [0.1, 0.15) is 6.33 Å². The highest BCUT2D eigenvalue weighted by Crippen LogP contribution is 2.21. The van der Waals surface area contributed by atoms with E-state index in [1.54, 1.807) is 0 Å². The van der Waals surface area contributed by atoms with Crippen LogP contribution < -0.4 is 5.73 Å². The van der Waals surface area contributed by atoms with E-state index in [9.17, 15) is 4.39 Å². The van der Waals surface area contributed by atoms with E-state index in [1.807, 2.05) is 20.8 Å². The van der Waals surface area contributed by atoms with E-state index in [0.29, 0.717) is 17.8 Å². The highest BCUT2D eigenvalue weighted by molar-refractivity contribution is 5.12. The predicted molar refractivity (Wildman–Crippen MR) is 53.0 cm³/mol. The molecule has 0 aromatic carbocycles. The van der Waals surface area contributed by atoms with Crippen LogP contribution in [0.15, 0.2) is 6.33 Å². The Morgan fingerprint density at radius 1 is 1.29 bits per heavy atom. The van der Waals surface area contributed by atoms with Crippen molar-refractivity contribution in [2.45, 2.75) is 33.7 Å². The maximum atomic E-state index is 13.6. The van der Waals surface area contributed by atoms with Crippen molar-refractivity contribution in [1.29, 1.82) is 0 Å². The van der Waals surface area contributed by atoms with Gasteiger partial charge in [-0.05, 0) is 11.8 Å². The van der Waals surface area contributed by atoms with Gasteiger partial charge in [-0.25, -0.2) is 14.4 Å². The zero-order valence-electron chi connectivity index (χ0n) is 8.84. The van der Waals surface area contributed by atoms with Gasteiger partial charge in [-0.1, -0.05) is 20.8 Å². The molecular weight excluding hydrogens is 181 g/mol. The van der Waals surface area contributed by atoms with Gasteiger partial charge in [-0.2, -0.15) is 0 Å². The average molecular weight is 197 g/mol. The lowest BCUT2D eigenvalue weighted by atomic mass is 9.90. The number of rotatable bonds is 2. The summed E-state index contributed by atoms with van der Waals surface area (Å²) in [6, 6.07) is 0. The normalized spacial score (nSPS) is 11.8. The SMILES string of the molecule is CC(C)(C)Cc1ncnc(CN)c1F. The van der Waals surface area contributed by atoms with Crippen molar-refractivity contribution < 1.29 is 4.39 Å². The Morgan fingerprint density at radius 2 is 1.86 bits per heavy atom. The lowest BCUT2D eigenvalue weighted by Gasteiger charge is -2.17. The van der Waals surface area contributed by atoms with E-state index < -0.39 is 0 Å². The molecule has 0 saturated carbocycles. The Hall–Kier alpha value is -1.03. The maximum absolute atomic E-state index is 13.6. The van der Waals surface area contributed by atoms with Crippen molar-refractivity contribution >= 4 is 0 Å².